The van der Waals surface area contributed by atoms with Gasteiger partial charge in [0.25, 0.3) is 23.6 Å². The van der Waals surface area contributed by atoms with Crippen LogP contribution in [-0.4, -0.2) is 55.7 Å². The molecule has 2 aromatic carbocycles. The topological polar surface area (TPSA) is 187 Å². The fourth-order valence-corrected chi connectivity index (χ4v) is 3.71. The van der Waals surface area contributed by atoms with Gasteiger partial charge in [-0.2, -0.15) is 0 Å². The second kappa shape index (κ2) is 12.5. The van der Waals surface area contributed by atoms with E-state index in [0.29, 0.717) is 47.3 Å². The van der Waals surface area contributed by atoms with Crippen molar-refractivity contribution in [1.29, 1.82) is 0 Å². The van der Waals surface area contributed by atoms with E-state index in [4.69, 9.17) is 18.9 Å². The maximum Gasteiger partial charge on any atom is 0.328 e. The smallest absolute Gasteiger partial charge is 0.328 e. The van der Waals surface area contributed by atoms with Crippen LogP contribution in [0.25, 0.3) is 12.2 Å². The molecule has 0 spiro atoms. The molecule has 2 aliphatic rings. The molecule has 14 heteroatoms. The first kappa shape index (κ1) is 28.4. The molecule has 41 heavy (non-hydrogen) atoms. The monoisotopic (exact) mass is 564 g/mol. The highest BCUT2D eigenvalue weighted by Crippen LogP contribution is 2.32. The second-order valence-corrected chi connectivity index (χ2v) is 8.28. The summed E-state index contributed by atoms with van der Waals surface area (Å²) >= 11 is 0. The average molecular weight is 565 g/mol. The summed E-state index contributed by atoms with van der Waals surface area (Å²) in [5, 5.41) is 8.02. The molecule has 4 N–H and O–H groups in total. The van der Waals surface area contributed by atoms with Gasteiger partial charge in [0.2, 0.25) is 6.79 Å². The maximum atomic E-state index is 12.0. The molecule has 0 aliphatic carbocycles. The van der Waals surface area contributed by atoms with Crippen molar-refractivity contribution in [2.24, 2.45) is 0 Å². The van der Waals surface area contributed by atoms with Gasteiger partial charge in [-0.05, 0) is 61.4 Å². The minimum atomic E-state index is -0.892. The minimum absolute atomic E-state index is 0.246. The highest BCUT2D eigenvalue weighted by Gasteiger charge is 2.28. The normalized spacial score (nSPS) is 14.9. The lowest BCUT2D eigenvalue weighted by Gasteiger charge is -2.16. The van der Waals surface area contributed by atoms with Crippen LogP contribution in [-0.2, 0) is 19.2 Å². The third kappa shape index (κ3) is 6.86. The van der Waals surface area contributed by atoms with E-state index < -0.39 is 35.7 Å². The number of hydrogen-bond donors (Lipinski definition) is 4. The zero-order valence-electron chi connectivity index (χ0n) is 21.8. The minimum Gasteiger partial charge on any atom is -0.490 e. The summed E-state index contributed by atoms with van der Waals surface area (Å²) < 4.78 is 22.7. The van der Waals surface area contributed by atoms with Gasteiger partial charge < -0.3 is 18.9 Å². The van der Waals surface area contributed by atoms with E-state index in [1.165, 1.54) is 12.2 Å². The SMILES string of the molecule is CCOc1cc(C=C2C(=O)NC(=O)NC2=O)ccc1OCOc1ccc(C=C2C(=O)NC(=O)NC2=O)cc1OCC. The van der Waals surface area contributed by atoms with Crippen LogP contribution in [0.1, 0.15) is 25.0 Å². The number of nitrogens with one attached hydrogen (secondary N) is 4. The fraction of sp³-hybridized carbons (Fsp3) is 0.185. The third-order valence-corrected chi connectivity index (χ3v) is 5.47. The van der Waals surface area contributed by atoms with E-state index in [1.807, 2.05) is 21.3 Å². The lowest BCUT2D eigenvalue weighted by atomic mass is 10.1. The van der Waals surface area contributed by atoms with Gasteiger partial charge in [-0.15, -0.1) is 0 Å². The lowest BCUT2D eigenvalue weighted by molar-refractivity contribution is -0.125. The Morgan fingerprint density at radius 1 is 0.537 bits per heavy atom. The van der Waals surface area contributed by atoms with E-state index >= 15 is 0 Å². The van der Waals surface area contributed by atoms with Gasteiger partial charge in [0.05, 0.1) is 13.2 Å². The van der Waals surface area contributed by atoms with E-state index in [0.717, 1.165) is 0 Å². The Balaban J connectivity index is 1.48. The first-order chi connectivity index (χ1) is 19.7. The summed E-state index contributed by atoms with van der Waals surface area (Å²) in [5.41, 5.74) is 0.406. The largest absolute Gasteiger partial charge is 0.490 e. The number of carbonyl (C=O) groups excluding carboxylic acids is 6. The summed E-state index contributed by atoms with van der Waals surface area (Å²) in [4.78, 5) is 70.6. The molecule has 2 aliphatic heterocycles. The van der Waals surface area contributed by atoms with E-state index in [2.05, 4.69) is 0 Å². The van der Waals surface area contributed by atoms with Crippen LogP contribution in [0.5, 0.6) is 23.0 Å². The van der Waals surface area contributed by atoms with Crippen LogP contribution in [0.4, 0.5) is 9.59 Å². The molecule has 212 valence electrons. The molecule has 0 saturated carbocycles. The van der Waals surface area contributed by atoms with Crippen molar-refractivity contribution in [2.45, 2.75) is 13.8 Å². The number of urea groups is 2. The molecule has 0 radical (unpaired) electrons. The molecule has 0 unspecified atom stereocenters. The quantitative estimate of drug-likeness (QED) is 0.187. The zero-order chi connectivity index (χ0) is 29.5. The van der Waals surface area contributed by atoms with Gasteiger partial charge in [0.15, 0.2) is 23.0 Å². The molecule has 0 aromatic heterocycles. The van der Waals surface area contributed by atoms with E-state index in [1.54, 1.807) is 50.2 Å². The lowest BCUT2D eigenvalue weighted by Crippen LogP contribution is -2.51. The second-order valence-electron chi connectivity index (χ2n) is 8.28. The van der Waals surface area contributed by atoms with Gasteiger partial charge in [0, 0.05) is 0 Å². The van der Waals surface area contributed by atoms with Crippen LogP contribution in [0, 0.1) is 0 Å². The molecule has 2 heterocycles. The Morgan fingerprint density at radius 3 is 1.24 bits per heavy atom. The summed E-state index contributed by atoms with van der Waals surface area (Å²) in [6.07, 6.45) is 2.62. The summed E-state index contributed by atoms with van der Waals surface area (Å²) in [5.74, 6) is -2.04. The molecule has 2 fully saturated rings. The molecule has 14 nitrogen and oxygen atoms in total. The van der Waals surface area contributed by atoms with Gasteiger partial charge in [0.1, 0.15) is 11.1 Å². The summed E-state index contributed by atoms with van der Waals surface area (Å²) in [6, 6.07) is 7.63. The predicted molar refractivity (Wildman–Crippen MR) is 141 cm³/mol. The van der Waals surface area contributed by atoms with Gasteiger partial charge in [-0.1, -0.05) is 12.1 Å². The van der Waals surface area contributed by atoms with Crippen molar-refractivity contribution >= 4 is 47.8 Å². The van der Waals surface area contributed by atoms with Crippen LogP contribution in [0.3, 0.4) is 0 Å². The van der Waals surface area contributed by atoms with Crippen molar-refractivity contribution < 1.29 is 47.7 Å². The molecule has 2 saturated heterocycles. The highest BCUT2D eigenvalue weighted by molar-refractivity contribution is 6.31. The summed E-state index contributed by atoms with van der Waals surface area (Å²) in [6.45, 7) is 3.86. The fourth-order valence-electron chi connectivity index (χ4n) is 3.71. The average Bonchev–Trinajstić information content (AvgIpc) is 2.91. The molecular weight excluding hydrogens is 540 g/mol. The standard InChI is InChI=1S/C27H24N4O10/c1-3-38-20-11-14(9-16-22(32)28-26(36)29-23(16)33)5-7-18(20)40-13-41-19-8-6-15(12-21(19)39-4-2)10-17-24(34)30-27(37)31-25(17)35/h5-12H,3-4,13H2,1-2H3,(H2,28,29,32,33,36)(H2,30,31,34,35,37). The predicted octanol–water partition coefficient (Wildman–Crippen LogP) is 1.40. The maximum absolute atomic E-state index is 12.0. The van der Waals surface area contributed by atoms with Crippen molar-refractivity contribution in [3.63, 3.8) is 0 Å². The van der Waals surface area contributed by atoms with Gasteiger partial charge >= 0.3 is 12.1 Å². The van der Waals surface area contributed by atoms with Crippen molar-refractivity contribution in [3.8, 4) is 23.0 Å². The number of rotatable bonds is 10. The van der Waals surface area contributed by atoms with Crippen LogP contribution >= 0.6 is 0 Å². The number of imide groups is 4. The van der Waals surface area contributed by atoms with E-state index in [9.17, 15) is 28.8 Å². The Bertz CT molecular complexity index is 1360. The number of barbiturate groups is 2. The van der Waals surface area contributed by atoms with Gasteiger partial charge in [-0.3, -0.25) is 40.4 Å². The molecule has 4 rings (SSSR count). The molecule has 0 bridgehead atoms. The molecular formula is C27H24N4O10. The van der Waals surface area contributed by atoms with Crippen LogP contribution in [0.15, 0.2) is 47.5 Å². The number of ether oxygens (including phenoxy) is 4. The number of hydrogen-bond acceptors (Lipinski definition) is 10. The first-order valence-corrected chi connectivity index (χ1v) is 12.2. The van der Waals surface area contributed by atoms with Gasteiger partial charge in [-0.25, -0.2) is 9.59 Å². The Kier molecular flexibility index (Phi) is 8.62. The highest BCUT2D eigenvalue weighted by atomic mass is 16.7. The molecule has 0 atom stereocenters. The number of carbonyl (C=O) groups is 6. The van der Waals surface area contributed by atoms with Crippen molar-refractivity contribution in [3.05, 3.63) is 58.7 Å². The number of amides is 8. The Hall–Kier alpha value is -5.66. The molecule has 2 aromatic rings. The first-order valence-electron chi connectivity index (χ1n) is 12.2. The van der Waals surface area contributed by atoms with E-state index in [-0.39, 0.29) is 17.9 Å². The van der Waals surface area contributed by atoms with Crippen molar-refractivity contribution in [1.82, 2.24) is 21.3 Å². The zero-order valence-corrected chi connectivity index (χ0v) is 21.8. The van der Waals surface area contributed by atoms with Crippen LogP contribution < -0.4 is 40.2 Å². The molecule has 8 amide bonds. The Morgan fingerprint density at radius 2 is 0.902 bits per heavy atom. The van der Waals surface area contributed by atoms with Crippen molar-refractivity contribution in [2.75, 3.05) is 20.0 Å². The van der Waals surface area contributed by atoms with Crippen LogP contribution in [0.2, 0.25) is 0 Å². The summed E-state index contributed by atoms with van der Waals surface area (Å²) in [7, 11) is 0. The third-order valence-electron chi connectivity index (χ3n) is 5.47. The number of benzene rings is 2. The Labute approximate surface area is 232 Å².